The van der Waals surface area contributed by atoms with Crippen LogP contribution in [0.15, 0.2) is 71.2 Å². The Morgan fingerprint density at radius 1 is 0.565 bits per heavy atom. The molecule has 6 aromatic rings. The summed E-state index contributed by atoms with van der Waals surface area (Å²) in [5.41, 5.74) is 12.6. The number of nitrogens with zero attached hydrogens (tertiary/aromatic N) is 2. The Balaban J connectivity index is 0.00000213. The van der Waals surface area contributed by atoms with E-state index in [9.17, 15) is 0 Å². The average Bonchev–Trinajstić information content (AvgIpc) is 4.19. The molecule has 8 heteroatoms. The van der Waals surface area contributed by atoms with Crippen molar-refractivity contribution in [2.24, 2.45) is 5.92 Å². The third kappa shape index (κ3) is 17.0. The summed E-state index contributed by atoms with van der Waals surface area (Å²) in [6, 6.07) is 20.9. The number of thiophene rings is 3. The van der Waals surface area contributed by atoms with Crippen LogP contribution in [-0.4, -0.2) is 22.0 Å². The molecule has 3 nitrogen and oxygen atoms in total. The van der Waals surface area contributed by atoms with Gasteiger partial charge in [-0.15, -0.1) is 46.6 Å². The number of fused-ring (bicyclic) bond motifs is 1. The number of benzene rings is 2. The summed E-state index contributed by atoms with van der Waals surface area (Å²) in [5.74, 6) is 1.01. The van der Waals surface area contributed by atoms with Gasteiger partial charge in [0.05, 0.1) is 18.3 Å². The molecule has 0 aliphatic rings. The molecule has 4 heterocycles. The van der Waals surface area contributed by atoms with Crippen LogP contribution in [0.5, 0.6) is 0 Å². The van der Waals surface area contributed by atoms with Crippen molar-refractivity contribution in [2.45, 2.75) is 184 Å². The van der Waals surface area contributed by atoms with Crippen molar-refractivity contribution in [1.82, 2.24) is 8.75 Å². The second-order valence-electron chi connectivity index (χ2n) is 19.2. The summed E-state index contributed by atoms with van der Waals surface area (Å²) in [6.07, 6.45) is 29.3. The first kappa shape index (κ1) is 56.8. The minimum Gasteiger partial charge on any atom is -0.381 e. The van der Waals surface area contributed by atoms with Gasteiger partial charge >= 0.3 is 0 Å². The van der Waals surface area contributed by atoms with E-state index >= 15 is 0 Å². The Hall–Kier alpha value is -3.11. The van der Waals surface area contributed by atoms with Crippen molar-refractivity contribution in [1.29, 1.82) is 0 Å². The SMILES string of the molecule is CCCC.CCCCCCc1cc(-c2ccc(-c3cc(CCCCCC)c(C(C)C)s3)c3nsnc23)sc1-c1cc(CCOCCCC)c(/C=C/c2ccc(/C=C/C(S)=C(\CCC)C(C)C)cc2)s1. The number of unbranched alkanes of at least 4 members (excludes halogenated alkanes) is 8. The molecule has 374 valence electrons. The van der Waals surface area contributed by atoms with Crippen LogP contribution >= 0.6 is 58.4 Å². The Kier molecular flexibility index (Phi) is 25.3. The van der Waals surface area contributed by atoms with Gasteiger partial charge in [0.1, 0.15) is 11.0 Å². The summed E-state index contributed by atoms with van der Waals surface area (Å²) >= 11 is 12.0. The minimum atomic E-state index is 0.502. The van der Waals surface area contributed by atoms with E-state index in [4.69, 9.17) is 26.1 Å². The number of ether oxygens (including phenoxy) is 1. The molecule has 69 heavy (non-hydrogen) atoms. The number of hydrogen-bond donors (Lipinski definition) is 1. The number of aromatic nitrogens is 2. The lowest BCUT2D eigenvalue weighted by atomic mass is 9.98. The Morgan fingerprint density at radius 3 is 1.72 bits per heavy atom. The molecule has 4 aromatic heterocycles. The highest BCUT2D eigenvalue weighted by Crippen LogP contribution is 2.47. The first-order valence-electron chi connectivity index (χ1n) is 26.7. The Labute approximate surface area is 440 Å². The maximum Gasteiger partial charge on any atom is 0.114 e. The number of allylic oxidation sites excluding steroid dienone is 2. The highest BCUT2D eigenvalue weighted by atomic mass is 32.1. The van der Waals surface area contributed by atoms with Gasteiger partial charge in [-0.2, -0.15) is 8.75 Å². The number of aryl methyl sites for hydroxylation is 2. The average molecular weight is 1020 g/mol. The number of hydrogen-bond acceptors (Lipinski definition) is 8. The molecule has 0 atom stereocenters. The molecule has 0 aliphatic carbocycles. The predicted molar refractivity (Wildman–Crippen MR) is 317 cm³/mol. The van der Waals surface area contributed by atoms with Crippen molar-refractivity contribution in [3.63, 3.8) is 0 Å². The number of thiol groups is 1. The zero-order valence-electron chi connectivity index (χ0n) is 44.0. The van der Waals surface area contributed by atoms with Gasteiger partial charge in [0.15, 0.2) is 0 Å². The molecule has 0 bridgehead atoms. The van der Waals surface area contributed by atoms with Crippen LogP contribution < -0.4 is 0 Å². The van der Waals surface area contributed by atoms with Crippen molar-refractivity contribution >= 4 is 87.6 Å². The second-order valence-corrected chi connectivity index (χ2v) is 23.5. The third-order valence-electron chi connectivity index (χ3n) is 12.8. The van der Waals surface area contributed by atoms with Gasteiger partial charge in [0.2, 0.25) is 0 Å². The quantitative estimate of drug-likeness (QED) is 0.0302. The van der Waals surface area contributed by atoms with E-state index in [1.165, 1.54) is 150 Å². The number of rotatable bonds is 28. The highest BCUT2D eigenvalue weighted by Gasteiger charge is 2.22. The maximum atomic E-state index is 6.14. The topological polar surface area (TPSA) is 35.0 Å². The summed E-state index contributed by atoms with van der Waals surface area (Å²) in [5, 5.41) is 0. The Bertz CT molecular complexity index is 2500. The van der Waals surface area contributed by atoms with Crippen LogP contribution in [0.4, 0.5) is 0 Å². The standard InChI is InChI=1S/C57H74N2OS5.C4H10/c1-9-13-16-18-21-44-37-51(63-56(44)40(7)8)47-29-30-48(55-54(47)58-65-59-55)52-38-45(22-19-17-14-10-2)57(64-52)53-36-43(33-35-60-34-15-11-3)50(62-53)32-28-42-25-23-41(24-26-42)27-31-49(61)46(20-12-4)39(5)6;1-3-4-2/h23-32,36-40,61H,9-22,33-35H2,1-8H3;3-4H2,1-2H3/b31-27+,32-28+,49-46-;. The second kappa shape index (κ2) is 30.7. The summed E-state index contributed by atoms with van der Waals surface area (Å²) in [6.45, 7) is 24.2. The molecular formula is C61H84N2OS5. The van der Waals surface area contributed by atoms with Crippen molar-refractivity contribution in [2.75, 3.05) is 13.2 Å². The predicted octanol–water partition coefficient (Wildman–Crippen LogP) is 21.2. The van der Waals surface area contributed by atoms with Gasteiger partial charge in [-0.05, 0) is 115 Å². The van der Waals surface area contributed by atoms with Crippen molar-refractivity contribution in [3.8, 4) is 30.6 Å². The minimum absolute atomic E-state index is 0.502. The monoisotopic (exact) mass is 1020 g/mol. The van der Waals surface area contributed by atoms with Gasteiger partial charge in [0.25, 0.3) is 0 Å². The summed E-state index contributed by atoms with van der Waals surface area (Å²) in [4.78, 5) is 9.29. The van der Waals surface area contributed by atoms with Crippen LogP contribution in [0.2, 0.25) is 0 Å². The van der Waals surface area contributed by atoms with E-state index < -0.39 is 0 Å². The van der Waals surface area contributed by atoms with Crippen LogP contribution in [0, 0.1) is 5.92 Å². The van der Waals surface area contributed by atoms with E-state index in [0.29, 0.717) is 11.8 Å². The molecular weight excluding hydrogens is 937 g/mol. The van der Waals surface area contributed by atoms with E-state index in [1.54, 1.807) is 0 Å². The molecule has 0 radical (unpaired) electrons. The summed E-state index contributed by atoms with van der Waals surface area (Å²) in [7, 11) is 0. The van der Waals surface area contributed by atoms with Gasteiger partial charge in [-0.1, -0.05) is 188 Å². The lowest BCUT2D eigenvalue weighted by molar-refractivity contribution is 0.134. The van der Waals surface area contributed by atoms with Crippen LogP contribution in [0.25, 0.3) is 59.9 Å². The molecule has 0 N–H and O–H groups in total. The molecule has 0 saturated carbocycles. The molecule has 0 spiro atoms. The molecule has 2 aromatic carbocycles. The zero-order chi connectivity index (χ0) is 49.5. The highest BCUT2D eigenvalue weighted by molar-refractivity contribution is 7.84. The summed E-state index contributed by atoms with van der Waals surface area (Å²) < 4.78 is 16.1. The van der Waals surface area contributed by atoms with Gasteiger partial charge in [-0.3, -0.25) is 0 Å². The van der Waals surface area contributed by atoms with E-state index in [1.807, 2.05) is 34.0 Å². The molecule has 0 saturated heterocycles. The van der Waals surface area contributed by atoms with Crippen LogP contribution in [0.3, 0.4) is 0 Å². The largest absolute Gasteiger partial charge is 0.381 e. The Morgan fingerprint density at radius 2 is 1.14 bits per heavy atom. The molecule has 0 unspecified atom stereocenters. The van der Waals surface area contributed by atoms with Gasteiger partial charge in [-0.25, -0.2) is 0 Å². The lowest BCUT2D eigenvalue weighted by Gasteiger charge is -2.12. The lowest BCUT2D eigenvalue weighted by Crippen LogP contribution is -2.00. The van der Waals surface area contributed by atoms with E-state index in [0.717, 1.165) is 74.1 Å². The van der Waals surface area contributed by atoms with Gasteiger partial charge < -0.3 is 4.74 Å². The van der Waals surface area contributed by atoms with Crippen LogP contribution in [0.1, 0.15) is 203 Å². The fourth-order valence-corrected chi connectivity index (χ4v) is 13.3. The first-order valence-corrected chi connectivity index (χ1v) is 30.3. The van der Waals surface area contributed by atoms with Crippen LogP contribution in [-0.2, 0) is 24.0 Å². The van der Waals surface area contributed by atoms with Crippen molar-refractivity contribution in [3.05, 3.63) is 109 Å². The maximum absolute atomic E-state index is 6.14. The fourth-order valence-electron chi connectivity index (χ4n) is 8.54. The molecule has 0 aliphatic heterocycles. The van der Waals surface area contributed by atoms with E-state index in [-0.39, 0.29) is 0 Å². The zero-order valence-corrected chi connectivity index (χ0v) is 48.1. The normalized spacial score (nSPS) is 12.4. The first-order chi connectivity index (χ1) is 33.6. The third-order valence-corrected chi connectivity index (χ3v) is 17.8. The smallest absolute Gasteiger partial charge is 0.114 e. The fraction of sp³-hybridized carbons (Fsp3) is 0.508. The van der Waals surface area contributed by atoms with E-state index in [2.05, 4.69) is 148 Å². The molecule has 0 amide bonds. The molecule has 0 fully saturated rings. The molecule has 6 rings (SSSR count). The van der Waals surface area contributed by atoms with Crippen molar-refractivity contribution < 1.29 is 4.74 Å². The van der Waals surface area contributed by atoms with Gasteiger partial charge in [0, 0.05) is 51.9 Å².